The third kappa shape index (κ3) is 8.42. The highest BCUT2D eigenvalue weighted by Gasteiger charge is 2.45. The summed E-state index contributed by atoms with van der Waals surface area (Å²) in [5, 5.41) is 22.3. The maximum atomic E-state index is 13.4. The van der Waals surface area contributed by atoms with E-state index in [1.54, 1.807) is 35.2 Å². The molecule has 2 N–H and O–H groups in total. The number of rotatable bonds is 10. The van der Waals surface area contributed by atoms with E-state index in [1.807, 2.05) is 6.07 Å². The van der Waals surface area contributed by atoms with Crippen molar-refractivity contribution >= 4 is 46.7 Å². The third-order valence-electron chi connectivity index (χ3n) is 12.0. The molecule has 3 aromatic rings. The number of benzene rings is 2. The molecule has 18 heteroatoms. The van der Waals surface area contributed by atoms with Gasteiger partial charge in [0.25, 0.3) is 11.8 Å². The number of likely N-dealkylation sites (tertiary alicyclic amines) is 1. The molecule has 4 saturated heterocycles. The number of halogens is 3. The van der Waals surface area contributed by atoms with E-state index in [4.69, 9.17) is 10.00 Å². The normalized spacial score (nSPS) is 20.9. The van der Waals surface area contributed by atoms with Crippen LogP contribution in [0.25, 0.3) is 0 Å². The molecule has 59 heavy (non-hydrogen) atoms. The summed E-state index contributed by atoms with van der Waals surface area (Å²) in [6.45, 7) is 5.67. The minimum atomic E-state index is -4.64. The van der Waals surface area contributed by atoms with Gasteiger partial charge < -0.3 is 24.8 Å². The van der Waals surface area contributed by atoms with Crippen LogP contribution in [0.3, 0.4) is 0 Å². The molecule has 0 bridgehead atoms. The van der Waals surface area contributed by atoms with Gasteiger partial charge in [0.2, 0.25) is 23.6 Å². The third-order valence-corrected chi connectivity index (χ3v) is 12.0. The summed E-state index contributed by atoms with van der Waals surface area (Å²) >= 11 is 0. The summed E-state index contributed by atoms with van der Waals surface area (Å²) in [6, 6.07) is 12.8. The Kier molecular flexibility index (Phi) is 11.0. The molecule has 15 nitrogen and oxygen atoms in total. The van der Waals surface area contributed by atoms with Gasteiger partial charge in [-0.1, -0.05) is 0 Å². The fourth-order valence-corrected chi connectivity index (χ4v) is 8.68. The Morgan fingerprint density at radius 1 is 0.847 bits per heavy atom. The van der Waals surface area contributed by atoms with Crippen LogP contribution < -0.4 is 25.2 Å². The van der Waals surface area contributed by atoms with Crippen molar-refractivity contribution in [1.29, 1.82) is 5.26 Å². The predicted octanol–water partition coefficient (Wildman–Crippen LogP) is 3.85. The van der Waals surface area contributed by atoms with Gasteiger partial charge in [-0.25, -0.2) is 0 Å². The van der Waals surface area contributed by atoms with Gasteiger partial charge in [-0.2, -0.15) is 18.4 Å². The van der Waals surface area contributed by atoms with Gasteiger partial charge in [0.1, 0.15) is 6.04 Å². The molecule has 5 aliphatic rings. The first kappa shape index (κ1) is 39.7. The second-order valence-corrected chi connectivity index (χ2v) is 15.8. The number of hydrogen-bond acceptors (Lipinski definition) is 12. The van der Waals surface area contributed by atoms with Crippen LogP contribution in [0.1, 0.15) is 70.4 Å². The highest BCUT2D eigenvalue weighted by molar-refractivity contribution is 6.23. The van der Waals surface area contributed by atoms with Crippen molar-refractivity contribution in [2.75, 3.05) is 67.5 Å². The van der Waals surface area contributed by atoms with Crippen molar-refractivity contribution in [2.45, 2.75) is 50.7 Å². The van der Waals surface area contributed by atoms with Gasteiger partial charge in [0.05, 0.1) is 34.9 Å². The van der Waals surface area contributed by atoms with Crippen LogP contribution in [-0.2, 0) is 20.6 Å². The number of carbonyl (C=O) groups is 5. The van der Waals surface area contributed by atoms with E-state index in [9.17, 15) is 37.1 Å². The number of aromatic nitrogens is 2. The zero-order valence-corrected chi connectivity index (χ0v) is 32.0. The van der Waals surface area contributed by atoms with Gasteiger partial charge in [0.15, 0.2) is 5.82 Å². The first-order valence-corrected chi connectivity index (χ1v) is 19.8. The summed E-state index contributed by atoms with van der Waals surface area (Å²) in [6.07, 6.45) is -1.60. The smallest absolute Gasteiger partial charge is 0.417 e. The van der Waals surface area contributed by atoms with E-state index in [0.717, 1.165) is 62.2 Å². The minimum absolute atomic E-state index is 0.0746. The molecule has 5 amide bonds. The fourth-order valence-electron chi connectivity index (χ4n) is 8.68. The van der Waals surface area contributed by atoms with Crippen molar-refractivity contribution in [3.8, 4) is 11.9 Å². The zero-order chi connectivity index (χ0) is 41.4. The summed E-state index contributed by atoms with van der Waals surface area (Å²) in [5.41, 5.74) is 0.389. The highest BCUT2D eigenvalue weighted by atomic mass is 19.4. The Hall–Kier alpha value is -6.09. The van der Waals surface area contributed by atoms with Gasteiger partial charge in [-0.3, -0.25) is 34.2 Å². The van der Waals surface area contributed by atoms with Crippen LogP contribution in [0.15, 0.2) is 48.5 Å². The van der Waals surface area contributed by atoms with E-state index in [1.165, 1.54) is 12.1 Å². The maximum absolute atomic E-state index is 13.4. The summed E-state index contributed by atoms with van der Waals surface area (Å²) in [7, 11) is 0. The number of carbonyl (C=O) groups excluding carboxylic acids is 5. The van der Waals surface area contributed by atoms with Crippen LogP contribution in [-0.4, -0.2) is 108 Å². The first-order chi connectivity index (χ1) is 28.3. The average molecular weight is 814 g/mol. The molecule has 4 fully saturated rings. The van der Waals surface area contributed by atoms with Gasteiger partial charge in [-0.05, 0) is 80.5 Å². The van der Waals surface area contributed by atoms with Crippen molar-refractivity contribution in [1.82, 2.24) is 25.3 Å². The molecule has 0 spiro atoms. The Morgan fingerprint density at radius 2 is 1.53 bits per heavy atom. The lowest BCUT2D eigenvalue weighted by Gasteiger charge is -2.43. The van der Waals surface area contributed by atoms with E-state index < -0.39 is 47.0 Å². The molecular weight excluding hydrogens is 772 g/mol. The number of imide groups is 2. The van der Waals surface area contributed by atoms with E-state index >= 15 is 0 Å². The number of nitrogens with zero attached hydrogens (tertiary/aromatic N) is 7. The van der Waals surface area contributed by atoms with Crippen molar-refractivity contribution in [3.63, 3.8) is 0 Å². The van der Waals surface area contributed by atoms with Crippen LogP contribution in [0.5, 0.6) is 5.88 Å². The van der Waals surface area contributed by atoms with Crippen LogP contribution >= 0.6 is 0 Å². The van der Waals surface area contributed by atoms with Crippen molar-refractivity contribution in [2.24, 2.45) is 17.8 Å². The molecule has 0 saturated carbocycles. The average Bonchev–Trinajstić information content (AvgIpc) is 3.46. The lowest BCUT2D eigenvalue weighted by molar-refractivity contribution is -0.138. The van der Waals surface area contributed by atoms with Crippen LogP contribution in [0.2, 0.25) is 0 Å². The maximum Gasteiger partial charge on any atom is 0.417 e. The number of nitrogens with one attached hydrogen (secondary N) is 2. The Bertz CT molecular complexity index is 2190. The van der Waals surface area contributed by atoms with E-state index in [0.29, 0.717) is 55.9 Å². The van der Waals surface area contributed by atoms with E-state index in [-0.39, 0.29) is 41.6 Å². The molecule has 1 atom stereocenters. The number of ether oxygens (including phenoxy) is 1. The molecule has 1 unspecified atom stereocenters. The zero-order valence-electron chi connectivity index (χ0n) is 32.0. The molecule has 2 aromatic carbocycles. The molecule has 8 rings (SSSR count). The Labute approximate surface area is 337 Å². The number of anilines is 3. The van der Waals surface area contributed by atoms with Crippen LogP contribution in [0, 0.1) is 29.1 Å². The highest BCUT2D eigenvalue weighted by Crippen LogP contribution is 2.36. The Morgan fingerprint density at radius 3 is 2.19 bits per heavy atom. The quantitative estimate of drug-likeness (QED) is 0.283. The number of piperidine rings is 3. The standard InChI is InChI=1S/C41H42F3N9O6/c42-41(43,44)32-18-29(2-1-27(32)19-45)52-15-11-26(12-16-52)37(55)46-34-6-8-36(49-48-34)59-23-25-21-50(22-25)20-24-9-13-51(14-10-24)28-3-4-30-31(17-28)40(58)53(39(30)57)33-5-7-35(54)47-38(33)56/h1-4,6,8,17-18,24-26,33H,5,7,9-16,20-23H2,(H,46,48,55)(H,47,54,56). The molecule has 0 aliphatic carbocycles. The monoisotopic (exact) mass is 813 g/mol. The molecule has 1 aromatic heterocycles. The largest absolute Gasteiger partial charge is 0.476 e. The second kappa shape index (κ2) is 16.3. The Balaban J connectivity index is 0.728. The van der Waals surface area contributed by atoms with E-state index in [2.05, 4.69) is 30.6 Å². The lowest BCUT2D eigenvalue weighted by Crippen LogP contribution is -2.54. The second-order valence-electron chi connectivity index (χ2n) is 15.8. The van der Waals surface area contributed by atoms with Crippen molar-refractivity contribution in [3.05, 3.63) is 70.8 Å². The molecule has 5 aliphatic heterocycles. The van der Waals surface area contributed by atoms with Crippen LogP contribution in [0.4, 0.5) is 30.4 Å². The topological polar surface area (TPSA) is 181 Å². The SMILES string of the molecule is N#Cc1ccc(N2CCC(C(=O)Nc3ccc(OCC4CN(CC5CCN(c6ccc7c(c6)C(=O)N(C6CCC(=O)NC6=O)C7=O)CC5)C4)nn3)CC2)cc1C(F)(F)F. The molecule has 6 heterocycles. The van der Waals surface area contributed by atoms with Crippen molar-refractivity contribution < 1.29 is 41.9 Å². The summed E-state index contributed by atoms with van der Waals surface area (Å²) < 4.78 is 46.2. The molecule has 308 valence electrons. The van der Waals surface area contributed by atoms with Gasteiger partial charge >= 0.3 is 6.18 Å². The number of amides is 5. The molecular formula is C41H42F3N9O6. The predicted molar refractivity (Wildman–Crippen MR) is 205 cm³/mol. The summed E-state index contributed by atoms with van der Waals surface area (Å²) in [4.78, 5) is 70.7. The molecule has 0 radical (unpaired) electrons. The number of alkyl halides is 3. The number of fused-ring (bicyclic) bond motifs is 1. The van der Waals surface area contributed by atoms with Gasteiger partial charge in [0, 0.05) is 81.5 Å². The van der Waals surface area contributed by atoms with Gasteiger partial charge in [-0.15, -0.1) is 10.2 Å². The minimum Gasteiger partial charge on any atom is -0.476 e. The number of hydrogen-bond donors (Lipinski definition) is 2. The summed E-state index contributed by atoms with van der Waals surface area (Å²) in [5.74, 6) is -1.14. The first-order valence-electron chi connectivity index (χ1n) is 19.8. The lowest BCUT2D eigenvalue weighted by atomic mass is 9.92. The fraction of sp³-hybridized carbons (Fsp3) is 0.463. The number of nitriles is 1.